The van der Waals surface area contributed by atoms with Crippen molar-refractivity contribution in [1.82, 2.24) is 0 Å². The van der Waals surface area contributed by atoms with Crippen LogP contribution in [-0.2, 0) is 0 Å². The molecule has 0 saturated carbocycles. The van der Waals surface area contributed by atoms with Gasteiger partial charge in [-0.2, -0.15) is 5.10 Å². The molecule has 1 heterocycles. The minimum atomic E-state index is -0.697. The average molecular weight is 420 g/mol. The number of fused-ring (bicyclic) bond motifs is 1. The Kier molecular flexibility index (Phi) is 5.43. The maximum atomic E-state index is 11.4. The number of ether oxygens (including phenoxy) is 2. The predicted octanol–water partition coefficient (Wildman–Crippen LogP) is 4.14. The number of hydrogen-bond donors (Lipinski definition) is 1. The Morgan fingerprint density at radius 3 is 2.29 bits per heavy atom. The number of nitro benzene ring substituents is 2. The van der Waals surface area contributed by atoms with Crippen LogP contribution in [0.1, 0.15) is 11.1 Å². The first-order chi connectivity index (χ1) is 15.0. The van der Waals surface area contributed by atoms with Crippen LogP contribution in [0.2, 0.25) is 0 Å². The standard InChI is InChI=1S/C21H16N4O6/c26-24(27)16-7-8-17(18(13-16)25(28)29)22-23-21(14-4-2-1-3-5-14)15-6-9-19-20(12-15)31-11-10-30-19/h1-9,12-13,22H,10-11H2. The molecule has 0 aliphatic carbocycles. The van der Waals surface area contributed by atoms with Gasteiger partial charge < -0.3 is 9.47 Å². The van der Waals surface area contributed by atoms with Crippen LogP contribution in [-0.4, -0.2) is 28.8 Å². The van der Waals surface area contributed by atoms with Crippen molar-refractivity contribution in [3.8, 4) is 11.5 Å². The summed E-state index contributed by atoms with van der Waals surface area (Å²) in [5.74, 6) is 1.20. The molecular formula is C21H16N4O6. The number of anilines is 1. The van der Waals surface area contributed by atoms with Crippen LogP contribution >= 0.6 is 0 Å². The fourth-order valence-corrected chi connectivity index (χ4v) is 3.08. The van der Waals surface area contributed by atoms with E-state index < -0.39 is 15.5 Å². The monoisotopic (exact) mass is 420 g/mol. The van der Waals surface area contributed by atoms with E-state index in [1.807, 2.05) is 36.4 Å². The maximum absolute atomic E-state index is 11.4. The first-order valence-electron chi connectivity index (χ1n) is 9.25. The van der Waals surface area contributed by atoms with Crippen molar-refractivity contribution in [2.24, 2.45) is 5.10 Å². The number of non-ortho nitro benzene ring substituents is 1. The Hall–Kier alpha value is -4.47. The highest BCUT2D eigenvalue weighted by molar-refractivity contribution is 6.13. The van der Waals surface area contributed by atoms with E-state index >= 15 is 0 Å². The lowest BCUT2D eigenvalue weighted by molar-refractivity contribution is -0.393. The fraction of sp³-hybridized carbons (Fsp3) is 0.0952. The van der Waals surface area contributed by atoms with Gasteiger partial charge in [0, 0.05) is 17.2 Å². The largest absolute Gasteiger partial charge is 0.486 e. The second kappa shape index (κ2) is 8.49. The molecule has 10 heteroatoms. The molecule has 1 aliphatic heterocycles. The van der Waals surface area contributed by atoms with E-state index in [0.717, 1.165) is 11.6 Å². The number of rotatable bonds is 6. The number of benzene rings is 3. The molecule has 4 rings (SSSR count). The van der Waals surface area contributed by atoms with Crippen LogP contribution in [0.4, 0.5) is 17.1 Å². The molecule has 10 nitrogen and oxygen atoms in total. The maximum Gasteiger partial charge on any atom is 0.301 e. The Morgan fingerprint density at radius 1 is 0.839 bits per heavy atom. The zero-order valence-corrected chi connectivity index (χ0v) is 16.1. The summed E-state index contributed by atoms with van der Waals surface area (Å²) in [4.78, 5) is 21.0. The van der Waals surface area contributed by atoms with Crippen LogP contribution < -0.4 is 14.9 Å². The van der Waals surface area contributed by atoms with Crippen molar-refractivity contribution in [2.45, 2.75) is 0 Å². The number of nitrogens with one attached hydrogen (secondary N) is 1. The third kappa shape index (κ3) is 4.27. The molecule has 31 heavy (non-hydrogen) atoms. The summed E-state index contributed by atoms with van der Waals surface area (Å²) in [7, 11) is 0. The molecule has 1 N–H and O–H groups in total. The quantitative estimate of drug-likeness (QED) is 0.360. The van der Waals surface area contributed by atoms with Crippen molar-refractivity contribution in [3.63, 3.8) is 0 Å². The minimum absolute atomic E-state index is 0.0292. The van der Waals surface area contributed by atoms with E-state index in [9.17, 15) is 20.2 Å². The van der Waals surface area contributed by atoms with E-state index in [0.29, 0.717) is 36.0 Å². The molecule has 3 aromatic rings. The molecule has 0 bridgehead atoms. The first kappa shape index (κ1) is 19.8. The lowest BCUT2D eigenvalue weighted by Crippen LogP contribution is -2.16. The SMILES string of the molecule is O=[N+]([O-])c1ccc(NN=C(c2ccccc2)c2ccc3c(c2)OCCO3)c([N+](=O)[O-])c1. The molecule has 1 aliphatic rings. The molecule has 0 saturated heterocycles. The summed E-state index contributed by atoms with van der Waals surface area (Å²) >= 11 is 0. The highest BCUT2D eigenvalue weighted by atomic mass is 16.6. The van der Waals surface area contributed by atoms with Crippen LogP contribution in [0.25, 0.3) is 0 Å². The molecule has 0 aromatic heterocycles. The Morgan fingerprint density at radius 2 is 1.58 bits per heavy atom. The van der Waals surface area contributed by atoms with Crippen molar-refractivity contribution < 1.29 is 19.3 Å². The molecule has 0 fully saturated rings. The van der Waals surface area contributed by atoms with Crippen LogP contribution in [0.5, 0.6) is 11.5 Å². The molecule has 3 aromatic carbocycles. The third-order valence-electron chi connectivity index (χ3n) is 4.54. The average Bonchev–Trinajstić information content (AvgIpc) is 2.79. The molecule has 0 atom stereocenters. The third-order valence-corrected chi connectivity index (χ3v) is 4.54. The Labute approximate surface area is 176 Å². The molecule has 0 spiro atoms. The minimum Gasteiger partial charge on any atom is -0.486 e. The zero-order chi connectivity index (χ0) is 21.8. The number of hydrazone groups is 1. The zero-order valence-electron chi connectivity index (χ0n) is 16.1. The topological polar surface area (TPSA) is 129 Å². The molecular weight excluding hydrogens is 404 g/mol. The first-order valence-corrected chi connectivity index (χ1v) is 9.25. The van der Waals surface area contributed by atoms with Gasteiger partial charge in [0.05, 0.1) is 21.6 Å². The van der Waals surface area contributed by atoms with Gasteiger partial charge in [0.15, 0.2) is 11.5 Å². The highest BCUT2D eigenvalue weighted by Crippen LogP contribution is 2.32. The number of hydrogen-bond acceptors (Lipinski definition) is 8. The van der Waals surface area contributed by atoms with E-state index in [-0.39, 0.29) is 11.4 Å². The van der Waals surface area contributed by atoms with Crippen LogP contribution in [0.3, 0.4) is 0 Å². The van der Waals surface area contributed by atoms with Gasteiger partial charge in [-0.05, 0) is 24.3 Å². The van der Waals surface area contributed by atoms with Crippen molar-refractivity contribution in [2.75, 3.05) is 18.6 Å². The van der Waals surface area contributed by atoms with Crippen LogP contribution in [0.15, 0.2) is 71.8 Å². The second-order valence-electron chi connectivity index (χ2n) is 6.51. The lowest BCUT2D eigenvalue weighted by atomic mass is 10.0. The van der Waals surface area contributed by atoms with Gasteiger partial charge in [-0.15, -0.1) is 0 Å². The lowest BCUT2D eigenvalue weighted by Gasteiger charge is -2.19. The number of nitro groups is 2. The smallest absolute Gasteiger partial charge is 0.301 e. The summed E-state index contributed by atoms with van der Waals surface area (Å²) in [5, 5.41) is 26.8. The van der Waals surface area contributed by atoms with Gasteiger partial charge >= 0.3 is 5.69 Å². The summed E-state index contributed by atoms with van der Waals surface area (Å²) in [6.45, 7) is 0.902. The van der Waals surface area contributed by atoms with Gasteiger partial charge in [-0.3, -0.25) is 25.7 Å². The van der Waals surface area contributed by atoms with Crippen molar-refractivity contribution in [1.29, 1.82) is 0 Å². The van der Waals surface area contributed by atoms with E-state index in [2.05, 4.69) is 10.5 Å². The van der Waals surface area contributed by atoms with Gasteiger partial charge in [-0.1, -0.05) is 30.3 Å². The van der Waals surface area contributed by atoms with Gasteiger partial charge in [0.1, 0.15) is 18.9 Å². The number of nitrogens with zero attached hydrogens (tertiary/aromatic N) is 3. The molecule has 156 valence electrons. The van der Waals surface area contributed by atoms with Gasteiger partial charge in [0.25, 0.3) is 5.69 Å². The molecule has 0 amide bonds. The molecule has 0 radical (unpaired) electrons. The van der Waals surface area contributed by atoms with Crippen molar-refractivity contribution >= 4 is 22.8 Å². The van der Waals surface area contributed by atoms with Crippen molar-refractivity contribution in [3.05, 3.63) is 98.1 Å². The van der Waals surface area contributed by atoms with E-state index in [1.54, 1.807) is 12.1 Å². The van der Waals surface area contributed by atoms with Crippen LogP contribution in [0, 0.1) is 20.2 Å². The van der Waals surface area contributed by atoms with E-state index in [1.165, 1.54) is 12.1 Å². The summed E-state index contributed by atoms with van der Waals surface area (Å²) in [6, 6.07) is 17.9. The summed E-state index contributed by atoms with van der Waals surface area (Å²) < 4.78 is 11.2. The second-order valence-corrected chi connectivity index (χ2v) is 6.51. The Balaban J connectivity index is 1.75. The summed E-state index contributed by atoms with van der Waals surface area (Å²) in [6.07, 6.45) is 0. The highest BCUT2D eigenvalue weighted by Gasteiger charge is 2.20. The normalized spacial score (nSPS) is 12.8. The van der Waals surface area contributed by atoms with Gasteiger partial charge in [-0.25, -0.2) is 0 Å². The fourth-order valence-electron chi connectivity index (χ4n) is 3.08. The van der Waals surface area contributed by atoms with E-state index in [4.69, 9.17) is 9.47 Å². The summed E-state index contributed by atoms with van der Waals surface area (Å²) in [5.41, 5.74) is 3.86. The Bertz CT molecular complexity index is 1180. The molecule has 0 unspecified atom stereocenters. The van der Waals surface area contributed by atoms with Gasteiger partial charge in [0.2, 0.25) is 0 Å². The predicted molar refractivity (Wildman–Crippen MR) is 113 cm³/mol.